The Morgan fingerprint density at radius 2 is 1.79 bits per heavy atom. The number of nitrogens with zero attached hydrogens (tertiary/aromatic N) is 4. The van der Waals surface area contributed by atoms with Gasteiger partial charge in [0.2, 0.25) is 10.0 Å². The van der Waals surface area contributed by atoms with Gasteiger partial charge < -0.3 is 10.0 Å². The average molecular weight is 541 g/mol. The Morgan fingerprint density at radius 1 is 1.11 bits per heavy atom. The molecule has 2 aromatic carbocycles. The van der Waals surface area contributed by atoms with E-state index in [4.69, 9.17) is 0 Å². The summed E-state index contributed by atoms with van der Waals surface area (Å²) in [5.41, 5.74) is 5.76. The van der Waals surface area contributed by atoms with Gasteiger partial charge in [0, 0.05) is 37.6 Å². The largest absolute Gasteiger partial charge is 0.378 e. The Bertz CT molecular complexity index is 1260. The SMILES string of the molecule is CCN(C)C(C)C(CN=O)S(=O)(=O)N1C/C=C\CN2[C@H](O)[C@@H](c3ccc(-c4cccc(C)c4C)cc3)[C@@H]2C1. The van der Waals surface area contributed by atoms with Crippen molar-refractivity contribution in [2.45, 2.75) is 57.2 Å². The molecule has 2 aliphatic heterocycles. The number of aryl methyl sites for hydroxylation is 1. The molecule has 2 aromatic rings. The minimum atomic E-state index is -3.84. The summed E-state index contributed by atoms with van der Waals surface area (Å²) < 4.78 is 29.2. The number of hydrogen-bond acceptors (Lipinski definition) is 7. The summed E-state index contributed by atoms with van der Waals surface area (Å²) in [7, 11) is -1.98. The lowest BCUT2D eigenvalue weighted by atomic mass is 9.79. The fourth-order valence-corrected chi connectivity index (χ4v) is 7.71. The van der Waals surface area contributed by atoms with E-state index in [0.717, 1.165) is 11.1 Å². The van der Waals surface area contributed by atoms with Gasteiger partial charge in [0.05, 0.1) is 0 Å². The molecule has 0 bridgehead atoms. The van der Waals surface area contributed by atoms with E-state index in [0.29, 0.717) is 13.1 Å². The maximum absolute atomic E-state index is 13.8. The molecule has 2 unspecified atom stereocenters. The van der Waals surface area contributed by atoms with Crippen molar-refractivity contribution in [1.29, 1.82) is 0 Å². The van der Waals surface area contributed by atoms with E-state index in [9.17, 15) is 18.4 Å². The lowest BCUT2D eigenvalue weighted by Gasteiger charge is -2.54. The van der Waals surface area contributed by atoms with Gasteiger partial charge in [-0.2, -0.15) is 9.21 Å². The molecule has 5 atom stereocenters. The van der Waals surface area contributed by atoms with Crippen molar-refractivity contribution in [2.75, 3.05) is 39.8 Å². The van der Waals surface area contributed by atoms with Crippen molar-refractivity contribution in [3.8, 4) is 11.1 Å². The minimum Gasteiger partial charge on any atom is -0.378 e. The van der Waals surface area contributed by atoms with Crippen LogP contribution in [0, 0.1) is 18.8 Å². The second kappa shape index (κ2) is 11.8. The Balaban J connectivity index is 1.61. The van der Waals surface area contributed by atoms with Crippen LogP contribution < -0.4 is 0 Å². The predicted molar refractivity (Wildman–Crippen MR) is 152 cm³/mol. The predicted octanol–water partition coefficient (Wildman–Crippen LogP) is 3.73. The molecule has 2 aliphatic rings. The number of nitroso groups, excluding NO2 is 1. The molecule has 1 saturated heterocycles. The maximum Gasteiger partial charge on any atom is 0.220 e. The van der Waals surface area contributed by atoms with Crippen molar-refractivity contribution >= 4 is 10.0 Å². The first-order valence-electron chi connectivity index (χ1n) is 13.4. The summed E-state index contributed by atoms with van der Waals surface area (Å²) in [6.07, 6.45) is 3.04. The van der Waals surface area contributed by atoms with Crippen LogP contribution in [-0.2, 0) is 10.0 Å². The molecule has 4 rings (SSSR count). The van der Waals surface area contributed by atoms with Gasteiger partial charge in [-0.3, -0.25) is 4.90 Å². The molecule has 206 valence electrons. The van der Waals surface area contributed by atoms with Crippen LogP contribution in [0.25, 0.3) is 11.1 Å². The fraction of sp³-hybridized carbons (Fsp3) is 0.517. The lowest BCUT2D eigenvalue weighted by molar-refractivity contribution is -0.139. The highest BCUT2D eigenvalue weighted by molar-refractivity contribution is 7.89. The molecular weight excluding hydrogens is 500 g/mol. The number of hydrogen-bond donors (Lipinski definition) is 1. The van der Waals surface area contributed by atoms with E-state index >= 15 is 0 Å². The van der Waals surface area contributed by atoms with Gasteiger partial charge in [-0.05, 0) is 62.2 Å². The lowest BCUT2D eigenvalue weighted by Crippen LogP contribution is -2.67. The van der Waals surface area contributed by atoms with Crippen LogP contribution in [0.4, 0.5) is 0 Å². The second-order valence-electron chi connectivity index (χ2n) is 10.6. The summed E-state index contributed by atoms with van der Waals surface area (Å²) in [5, 5.41) is 13.1. The van der Waals surface area contributed by atoms with E-state index in [1.165, 1.54) is 21.0 Å². The average Bonchev–Trinajstić information content (AvgIpc) is 2.89. The van der Waals surface area contributed by atoms with Crippen LogP contribution in [0.15, 0.2) is 59.8 Å². The molecule has 0 aliphatic carbocycles. The molecule has 0 aromatic heterocycles. The van der Waals surface area contributed by atoms with Crippen LogP contribution >= 0.6 is 0 Å². The number of sulfonamides is 1. The summed E-state index contributed by atoms with van der Waals surface area (Å²) in [6, 6.07) is 14.0. The third-order valence-corrected chi connectivity index (χ3v) is 11.0. The zero-order valence-electron chi connectivity index (χ0n) is 23.0. The standard InChI is InChI=1S/C29H40N4O4S/c1-6-31(5)22(4)27(18-30-35)38(36,37)32-16-7-8-17-33-26(19-32)28(29(33)34)24-14-12-23(13-15-24)25-11-9-10-20(2)21(25)3/h7-15,22,26-29,34H,6,16-19H2,1-5H3/b8-7-/t22?,26-,27?,28-,29+/m0/s1. The van der Waals surface area contributed by atoms with Crippen LogP contribution in [0.2, 0.25) is 0 Å². The van der Waals surface area contributed by atoms with Gasteiger partial charge in [-0.1, -0.05) is 66.7 Å². The summed E-state index contributed by atoms with van der Waals surface area (Å²) >= 11 is 0. The van der Waals surface area contributed by atoms with Gasteiger partial charge >= 0.3 is 0 Å². The van der Waals surface area contributed by atoms with Crippen LogP contribution in [0.1, 0.15) is 36.5 Å². The van der Waals surface area contributed by atoms with Crippen molar-refractivity contribution in [3.05, 3.63) is 76.2 Å². The third-order valence-electron chi connectivity index (χ3n) is 8.62. The van der Waals surface area contributed by atoms with Crippen LogP contribution in [0.5, 0.6) is 0 Å². The van der Waals surface area contributed by atoms with Crippen LogP contribution in [-0.4, -0.2) is 91.0 Å². The molecule has 0 amide bonds. The number of fused-ring (bicyclic) bond motifs is 1. The Hall–Kier alpha value is -2.43. The molecule has 0 saturated carbocycles. The Labute approximate surface area is 227 Å². The number of aliphatic hydroxyl groups excluding tert-OH is 1. The van der Waals surface area contributed by atoms with E-state index in [-0.39, 0.29) is 37.6 Å². The molecule has 38 heavy (non-hydrogen) atoms. The molecule has 1 fully saturated rings. The summed E-state index contributed by atoms with van der Waals surface area (Å²) in [5.74, 6) is -0.217. The van der Waals surface area contributed by atoms with Crippen molar-refractivity contribution in [1.82, 2.24) is 14.1 Å². The van der Waals surface area contributed by atoms with Crippen molar-refractivity contribution in [3.63, 3.8) is 0 Å². The summed E-state index contributed by atoms with van der Waals surface area (Å²) in [4.78, 5) is 15.1. The first kappa shape index (κ1) is 28.6. The zero-order valence-corrected chi connectivity index (χ0v) is 23.8. The fourth-order valence-electron chi connectivity index (χ4n) is 5.72. The molecule has 0 radical (unpaired) electrons. The van der Waals surface area contributed by atoms with Gasteiger partial charge in [-0.15, -0.1) is 0 Å². The molecule has 8 nitrogen and oxygen atoms in total. The van der Waals surface area contributed by atoms with Crippen molar-refractivity contribution in [2.24, 2.45) is 5.18 Å². The third kappa shape index (κ3) is 5.35. The normalized spacial score (nSPS) is 25.1. The molecule has 9 heteroatoms. The highest BCUT2D eigenvalue weighted by Crippen LogP contribution is 2.41. The molecular formula is C29H40N4O4S. The monoisotopic (exact) mass is 540 g/mol. The highest BCUT2D eigenvalue weighted by atomic mass is 32.2. The van der Waals surface area contributed by atoms with E-state index in [1.807, 2.05) is 55.0 Å². The molecule has 2 heterocycles. The smallest absolute Gasteiger partial charge is 0.220 e. The molecule has 1 N–H and O–H groups in total. The van der Waals surface area contributed by atoms with Crippen LogP contribution in [0.3, 0.4) is 0 Å². The maximum atomic E-state index is 13.8. The zero-order chi connectivity index (χ0) is 27.6. The van der Waals surface area contributed by atoms with E-state index in [2.05, 4.69) is 49.4 Å². The number of aliphatic hydroxyl groups is 1. The highest BCUT2D eigenvalue weighted by Gasteiger charge is 2.50. The van der Waals surface area contributed by atoms with Gasteiger partial charge in [0.1, 0.15) is 18.0 Å². The van der Waals surface area contributed by atoms with E-state index < -0.39 is 21.5 Å². The topological polar surface area (TPSA) is 93.5 Å². The quantitative estimate of drug-likeness (QED) is 0.385. The number of benzene rings is 2. The Kier molecular flexibility index (Phi) is 8.84. The van der Waals surface area contributed by atoms with Crippen molar-refractivity contribution < 1.29 is 13.5 Å². The summed E-state index contributed by atoms with van der Waals surface area (Å²) in [6.45, 7) is 9.41. The first-order chi connectivity index (χ1) is 18.1. The van der Waals surface area contributed by atoms with Gasteiger partial charge in [0.25, 0.3) is 0 Å². The first-order valence-corrected chi connectivity index (χ1v) is 14.9. The minimum absolute atomic E-state index is 0.180. The van der Waals surface area contributed by atoms with Gasteiger partial charge in [-0.25, -0.2) is 8.42 Å². The van der Waals surface area contributed by atoms with E-state index in [1.54, 1.807) is 0 Å². The Morgan fingerprint density at radius 3 is 2.45 bits per heavy atom. The second-order valence-corrected chi connectivity index (χ2v) is 12.7. The van der Waals surface area contributed by atoms with Gasteiger partial charge in [0.15, 0.2) is 0 Å². The number of rotatable bonds is 9. The molecule has 0 spiro atoms.